The molecular weight excluding hydrogens is 286 g/mol. The number of carboxylic acids is 1. The topological polar surface area (TPSA) is 93.5 Å². The molecule has 2 N–H and O–H groups in total. The summed E-state index contributed by atoms with van der Waals surface area (Å²) in [7, 11) is 0. The molecule has 0 saturated carbocycles. The highest BCUT2D eigenvalue weighted by molar-refractivity contribution is 5.93. The minimum atomic E-state index is -1.18. The largest absolute Gasteiger partial charge is 0.479 e. The third-order valence-electron chi connectivity index (χ3n) is 3.38. The first kappa shape index (κ1) is 18.2. The number of amides is 1. The summed E-state index contributed by atoms with van der Waals surface area (Å²) in [6.45, 7) is 9.45. The van der Waals surface area contributed by atoms with Crippen LogP contribution in [0, 0.1) is 5.92 Å². The Morgan fingerprint density at radius 2 is 2.05 bits per heavy atom. The predicted molar refractivity (Wildman–Crippen MR) is 82.7 cm³/mol. The Balaban J connectivity index is 2.59. The molecule has 1 unspecified atom stereocenters. The van der Waals surface area contributed by atoms with Gasteiger partial charge in [-0.1, -0.05) is 13.8 Å². The second-order valence-corrected chi connectivity index (χ2v) is 6.22. The number of carboxylic acid groups (broad SMARTS) is 1. The van der Waals surface area contributed by atoms with Crippen molar-refractivity contribution in [1.82, 2.24) is 9.78 Å². The lowest BCUT2D eigenvalue weighted by molar-refractivity contribution is -0.146. The van der Waals surface area contributed by atoms with Gasteiger partial charge in [0, 0.05) is 12.8 Å². The molecule has 0 fully saturated rings. The van der Waals surface area contributed by atoms with Gasteiger partial charge in [-0.3, -0.25) is 9.48 Å². The fourth-order valence-corrected chi connectivity index (χ4v) is 1.59. The number of aromatic nitrogens is 2. The molecule has 1 heterocycles. The van der Waals surface area contributed by atoms with Crippen LogP contribution in [-0.4, -0.2) is 39.5 Å². The number of rotatable bonds is 8. The van der Waals surface area contributed by atoms with E-state index < -0.39 is 17.6 Å². The average Bonchev–Trinajstić information content (AvgIpc) is 2.87. The fourth-order valence-electron chi connectivity index (χ4n) is 1.59. The summed E-state index contributed by atoms with van der Waals surface area (Å²) in [5.41, 5.74) is -0.735. The molecule has 0 saturated heterocycles. The Bertz CT molecular complexity index is 523. The number of hydrogen-bond acceptors (Lipinski definition) is 4. The van der Waals surface area contributed by atoms with Crippen molar-refractivity contribution in [3.05, 3.63) is 12.4 Å². The van der Waals surface area contributed by atoms with Crippen molar-refractivity contribution >= 4 is 17.6 Å². The van der Waals surface area contributed by atoms with E-state index in [0.29, 0.717) is 18.2 Å². The summed E-state index contributed by atoms with van der Waals surface area (Å²) in [6.07, 6.45) is 3.23. The third kappa shape index (κ3) is 4.84. The van der Waals surface area contributed by atoms with E-state index in [1.165, 1.54) is 30.9 Å². The molecule has 0 aliphatic carbocycles. The number of nitrogens with zero attached hydrogens (tertiary/aromatic N) is 2. The highest BCUT2D eigenvalue weighted by Gasteiger charge is 2.30. The molecule has 7 nitrogen and oxygen atoms in total. The van der Waals surface area contributed by atoms with Gasteiger partial charge in [-0.05, 0) is 33.1 Å². The SMILES string of the molecule is CC(C)CCOC(C)C(=O)Nc1cnn(C(C)(C)C(=O)O)c1. The Kier molecular flexibility index (Phi) is 6.11. The zero-order valence-electron chi connectivity index (χ0n) is 13.8. The van der Waals surface area contributed by atoms with E-state index in [2.05, 4.69) is 24.3 Å². The number of hydrogen-bond donors (Lipinski definition) is 2. The first-order valence-electron chi connectivity index (χ1n) is 7.35. The molecule has 7 heteroatoms. The molecule has 0 radical (unpaired) electrons. The zero-order valence-corrected chi connectivity index (χ0v) is 13.8. The predicted octanol–water partition coefficient (Wildman–Crippen LogP) is 2.09. The van der Waals surface area contributed by atoms with Gasteiger partial charge < -0.3 is 15.2 Å². The zero-order chi connectivity index (χ0) is 16.9. The standard InChI is InChI=1S/C15H25N3O4/c1-10(2)6-7-22-11(3)13(19)17-12-8-16-18(9-12)15(4,5)14(20)21/h8-11H,6-7H2,1-5H3,(H,17,19)(H,20,21). The van der Waals surface area contributed by atoms with Crippen molar-refractivity contribution in [2.75, 3.05) is 11.9 Å². The number of anilines is 1. The highest BCUT2D eigenvalue weighted by Crippen LogP contribution is 2.17. The van der Waals surface area contributed by atoms with Gasteiger partial charge in [-0.2, -0.15) is 5.10 Å². The van der Waals surface area contributed by atoms with Crippen LogP contribution in [0.4, 0.5) is 5.69 Å². The van der Waals surface area contributed by atoms with E-state index in [1.54, 1.807) is 6.92 Å². The van der Waals surface area contributed by atoms with Crippen LogP contribution >= 0.6 is 0 Å². The molecule has 1 aromatic rings. The number of nitrogens with one attached hydrogen (secondary N) is 1. The van der Waals surface area contributed by atoms with Gasteiger partial charge in [0.25, 0.3) is 5.91 Å². The highest BCUT2D eigenvalue weighted by atomic mass is 16.5. The summed E-state index contributed by atoms with van der Waals surface area (Å²) in [4.78, 5) is 23.2. The molecule has 124 valence electrons. The molecule has 1 rings (SSSR count). The van der Waals surface area contributed by atoms with Gasteiger partial charge in [-0.25, -0.2) is 4.79 Å². The quantitative estimate of drug-likeness (QED) is 0.766. The van der Waals surface area contributed by atoms with Gasteiger partial charge in [0.05, 0.1) is 11.9 Å². The van der Waals surface area contributed by atoms with Crippen LogP contribution in [0.5, 0.6) is 0 Å². The number of carbonyl (C=O) groups is 2. The Labute approximate surface area is 130 Å². The monoisotopic (exact) mass is 311 g/mol. The fraction of sp³-hybridized carbons (Fsp3) is 0.667. The smallest absolute Gasteiger partial charge is 0.331 e. The van der Waals surface area contributed by atoms with Crippen molar-refractivity contribution in [3.63, 3.8) is 0 Å². The molecule has 22 heavy (non-hydrogen) atoms. The van der Waals surface area contributed by atoms with Gasteiger partial charge >= 0.3 is 5.97 Å². The van der Waals surface area contributed by atoms with Gasteiger partial charge in [-0.15, -0.1) is 0 Å². The normalized spacial score (nSPS) is 13.2. The molecule has 1 atom stereocenters. The minimum Gasteiger partial charge on any atom is -0.479 e. The lowest BCUT2D eigenvalue weighted by Crippen LogP contribution is -2.36. The average molecular weight is 311 g/mol. The summed E-state index contributed by atoms with van der Waals surface area (Å²) in [5, 5.41) is 15.8. The van der Waals surface area contributed by atoms with Crippen molar-refractivity contribution in [2.45, 2.75) is 52.7 Å². The van der Waals surface area contributed by atoms with Gasteiger partial charge in [0.2, 0.25) is 0 Å². The first-order valence-corrected chi connectivity index (χ1v) is 7.35. The van der Waals surface area contributed by atoms with E-state index in [4.69, 9.17) is 9.84 Å². The molecule has 0 aliphatic rings. The Morgan fingerprint density at radius 1 is 1.41 bits per heavy atom. The van der Waals surface area contributed by atoms with Crippen LogP contribution < -0.4 is 5.32 Å². The summed E-state index contributed by atoms with van der Waals surface area (Å²) < 4.78 is 6.77. The lowest BCUT2D eigenvalue weighted by Gasteiger charge is -2.19. The molecule has 0 spiro atoms. The maximum Gasteiger partial charge on any atom is 0.331 e. The van der Waals surface area contributed by atoms with Gasteiger partial charge in [0.15, 0.2) is 5.54 Å². The first-order chi connectivity index (χ1) is 10.1. The Morgan fingerprint density at radius 3 is 2.59 bits per heavy atom. The van der Waals surface area contributed by atoms with Crippen LogP contribution in [-0.2, 0) is 19.9 Å². The van der Waals surface area contributed by atoms with E-state index in [0.717, 1.165) is 6.42 Å². The van der Waals surface area contributed by atoms with Crippen molar-refractivity contribution in [3.8, 4) is 0 Å². The van der Waals surface area contributed by atoms with Crippen molar-refractivity contribution < 1.29 is 19.4 Å². The second kappa shape index (κ2) is 7.40. The maximum absolute atomic E-state index is 12.0. The lowest BCUT2D eigenvalue weighted by atomic mass is 10.1. The number of ether oxygens (including phenoxy) is 1. The van der Waals surface area contributed by atoms with Crippen molar-refractivity contribution in [2.24, 2.45) is 5.92 Å². The molecule has 0 bridgehead atoms. The summed E-state index contributed by atoms with van der Waals surface area (Å²) >= 11 is 0. The number of aliphatic carboxylic acids is 1. The molecular formula is C15H25N3O4. The van der Waals surface area contributed by atoms with Crippen molar-refractivity contribution in [1.29, 1.82) is 0 Å². The van der Waals surface area contributed by atoms with Crippen LogP contribution in [0.15, 0.2) is 12.4 Å². The molecule has 0 aliphatic heterocycles. The summed E-state index contributed by atoms with van der Waals surface area (Å²) in [6, 6.07) is 0. The van der Waals surface area contributed by atoms with E-state index in [-0.39, 0.29) is 5.91 Å². The maximum atomic E-state index is 12.0. The third-order valence-corrected chi connectivity index (χ3v) is 3.38. The molecule has 0 aromatic carbocycles. The van der Waals surface area contributed by atoms with E-state index >= 15 is 0 Å². The Hall–Kier alpha value is -1.89. The van der Waals surface area contributed by atoms with E-state index in [1.807, 2.05) is 0 Å². The van der Waals surface area contributed by atoms with Crippen LogP contribution in [0.3, 0.4) is 0 Å². The van der Waals surface area contributed by atoms with Crippen LogP contribution in [0.25, 0.3) is 0 Å². The summed E-state index contributed by atoms with van der Waals surface area (Å²) in [5.74, 6) is -0.762. The van der Waals surface area contributed by atoms with Crippen LogP contribution in [0.1, 0.15) is 41.0 Å². The second-order valence-electron chi connectivity index (χ2n) is 6.22. The van der Waals surface area contributed by atoms with Gasteiger partial charge in [0.1, 0.15) is 6.10 Å². The molecule has 1 aromatic heterocycles. The molecule has 1 amide bonds. The van der Waals surface area contributed by atoms with E-state index in [9.17, 15) is 9.59 Å². The van der Waals surface area contributed by atoms with Crippen LogP contribution in [0.2, 0.25) is 0 Å². The number of carbonyl (C=O) groups excluding carboxylic acids is 1. The minimum absolute atomic E-state index is 0.281.